The van der Waals surface area contributed by atoms with E-state index in [9.17, 15) is 9.18 Å². The Labute approximate surface area is 214 Å². The van der Waals surface area contributed by atoms with E-state index in [0.717, 1.165) is 37.1 Å². The number of carbonyl (C=O) groups is 1. The van der Waals surface area contributed by atoms with E-state index in [2.05, 4.69) is 10.1 Å². The van der Waals surface area contributed by atoms with Gasteiger partial charge in [0.25, 0.3) is 0 Å². The van der Waals surface area contributed by atoms with Crippen molar-refractivity contribution in [1.82, 2.24) is 19.7 Å². The molecule has 3 heterocycles. The predicted octanol–water partition coefficient (Wildman–Crippen LogP) is 5.93. The summed E-state index contributed by atoms with van der Waals surface area (Å²) in [7, 11) is 0. The Morgan fingerprint density at radius 3 is 2.57 bits per heavy atom. The zero-order chi connectivity index (χ0) is 25.3. The van der Waals surface area contributed by atoms with Crippen LogP contribution in [0.15, 0.2) is 36.8 Å². The van der Waals surface area contributed by atoms with Gasteiger partial charge in [0.05, 0.1) is 17.3 Å². The van der Waals surface area contributed by atoms with Crippen LogP contribution >= 0.6 is 23.2 Å². The van der Waals surface area contributed by atoms with Gasteiger partial charge in [0.1, 0.15) is 11.9 Å². The number of anilines is 1. The van der Waals surface area contributed by atoms with Gasteiger partial charge < -0.3 is 15.4 Å². The normalized spacial score (nSPS) is 15.5. The second-order valence-electron chi connectivity index (χ2n) is 9.04. The van der Waals surface area contributed by atoms with Crippen molar-refractivity contribution in [2.45, 2.75) is 45.8 Å². The monoisotopic (exact) mass is 519 g/mol. The number of nitrogen functional groups attached to an aromatic ring is 1. The summed E-state index contributed by atoms with van der Waals surface area (Å²) in [5, 5.41) is 4.76. The molecule has 1 amide bonds. The molecule has 2 N–H and O–H groups in total. The molecule has 1 aliphatic rings. The summed E-state index contributed by atoms with van der Waals surface area (Å²) < 4.78 is 21.9. The minimum atomic E-state index is -0.661. The van der Waals surface area contributed by atoms with E-state index >= 15 is 0 Å². The summed E-state index contributed by atoms with van der Waals surface area (Å²) in [4.78, 5) is 18.4. The number of nitrogens with two attached hydrogens (primary N) is 1. The number of piperidine rings is 1. The van der Waals surface area contributed by atoms with Crippen molar-refractivity contribution >= 4 is 34.9 Å². The van der Waals surface area contributed by atoms with Crippen molar-refractivity contribution < 1.29 is 13.9 Å². The van der Waals surface area contributed by atoms with Crippen molar-refractivity contribution in [1.29, 1.82) is 0 Å². The summed E-state index contributed by atoms with van der Waals surface area (Å²) in [6.07, 6.45) is 6.42. The van der Waals surface area contributed by atoms with Crippen LogP contribution in [0.1, 0.15) is 51.3 Å². The maximum absolute atomic E-state index is 14.0. The number of aromatic nitrogens is 3. The number of halogens is 3. The number of hydrogen-bond acceptors (Lipinski definition) is 5. The molecule has 1 aliphatic heterocycles. The molecule has 1 fully saturated rings. The van der Waals surface area contributed by atoms with Crippen LogP contribution in [0.5, 0.6) is 5.75 Å². The first-order chi connectivity index (χ1) is 16.7. The molecular formula is C25H28Cl2FN5O2. The van der Waals surface area contributed by atoms with E-state index in [4.69, 9.17) is 33.7 Å². The van der Waals surface area contributed by atoms with E-state index in [-0.39, 0.29) is 28.7 Å². The predicted molar refractivity (Wildman–Crippen MR) is 135 cm³/mol. The van der Waals surface area contributed by atoms with Crippen LogP contribution in [0.25, 0.3) is 11.1 Å². The third-order valence-electron chi connectivity index (χ3n) is 6.25. The van der Waals surface area contributed by atoms with Gasteiger partial charge in [-0.05, 0) is 38.0 Å². The topological polar surface area (TPSA) is 86.3 Å². The molecule has 2 aromatic heterocycles. The van der Waals surface area contributed by atoms with Gasteiger partial charge in [-0.25, -0.2) is 9.37 Å². The van der Waals surface area contributed by atoms with Gasteiger partial charge >= 0.3 is 0 Å². The van der Waals surface area contributed by atoms with Crippen molar-refractivity contribution in [2.24, 2.45) is 5.92 Å². The van der Waals surface area contributed by atoms with Crippen molar-refractivity contribution in [3.8, 4) is 16.9 Å². The maximum atomic E-state index is 14.0. The fourth-order valence-electron chi connectivity index (χ4n) is 4.27. The molecule has 35 heavy (non-hydrogen) atoms. The lowest BCUT2D eigenvalue weighted by Crippen LogP contribution is -2.41. The van der Waals surface area contributed by atoms with E-state index < -0.39 is 11.9 Å². The van der Waals surface area contributed by atoms with Gasteiger partial charge in [0.15, 0.2) is 11.6 Å². The summed E-state index contributed by atoms with van der Waals surface area (Å²) in [5.74, 6) is 0.153. The summed E-state index contributed by atoms with van der Waals surface area (Å²) >= 11 is 12.4. The lowest BCUT2D eigenvalue weighted by atomic mass is 10.0. The number of ether oxygens (including phenoxy) is 1. The van der Waals surface area contributed by atoms with Gasteiger partial charge in [-0.2, -0.15) is 5.10 Å². The Kier molecular flexibility index (Phi) is 7.52. The molecule has 1 unspecified atom stereocenters. The number of amides is 1. The Morgan fingerprint density at radius 2 is 1.89 bits per heavy atom. The maximum Gasteiger partial charge on any atom is 0.225 e. The summed E-state index contributed by atoms with van der Waals surface area (Å²) in [6.45, 7) is 7.01. The first-order valence-electron chi connectivity index (χ1n) is 11.5. The zero-order valence-electron chi connectivity index (χ0n) is 19.8. The number of rotatable bonds is 6. The zero-order valence-corrected chi connectivity index (χ0v) is 21.4. The standard InChI is InChI=1S/C25H28Cl2FN5O2/c1-14(2)25(34)32-8-6-18(7-9-32)33-13-17(12-31-33)16-10-21(24(29)30-11-16)35-15(3)22-19(26)4-5-20(28)23(22)27/h4-5,10-15,18H,6-9H2,1-3H3,(H2,29,30). The number of carbonyl (C=O) groups excluding carboxylic acids is 1. The SMILES string of the molecule is CC(C)C(=O)N1CCC(n2cc(-c3cnc(N)c(OC(C)c4c(Cl)ccc(F)c4Cl)c3)cn2)CC1. The molecule has 1 aromatic carbocycles. The van der Waals surface area contributed by atoms with Crippen LogP contribution in [0.2, 0.25) is 10.0 Å². The summed E-state index contributed by atoms with van der Waals surface area (Å²) in [6, 6.07) is 4.63. The lowest BCUT2D eigenvalue weighted by Gasteiger charge is -2.33. The second kappa shape index (κ2) is 10.4. The highest BCUT2D eigenvalue weighted by Gasteiger charge is 2.26. The molecule has 0 radical (unpaired) electrons. The molecule has 7 nitrogen and oxygen atoms in total. The van der Waals surface area contributed by atoms with Crippen LogP contribution in [0, 0.1) is 11.7 Å². The van der Waals surface area contributed by atoms with E-state index in [1.807, 2.05) is 29.6 Å². The van der Waals surface area contributed by atoms with Gasteiger partial charge in [-0.15, -0.1) is 0 Å². The van der Waals surface area contributed by atoms with E-state index in [1.165, 1.54) is 12.1 Å². The first kappa shape index (κ1) is 25.3. The minimum absolute atomic E-state index is 0.00738. The minimum Gasteiger partial charge on any atom is -0.482 e. The molecule has 1 atom stereocenters. The van der Waals surface area contributed by atoms with Crippen LogP contribution in [-0.2, 0) is 4.79 Å². The van der Waals surface area contributed by atoms with Crippen LogP contribution in [0.4, 0.5) is 10.2 Å². The van der Waals surface area contributed by atoms with Gasteiger partial charge in [0.2, 0.25) is 5.91 Å². The van der Waals surface area contributed by atoms with Crippen LogP contribution in [0.3, 0.4) is 0 Å². The average molecular weight is 520 g/mol. The molecule has 0 spiro atoms. The first-order valence-corrected chi connectivity index (χ1v) is 12.3. The van der Waals surface area contributed by atoms with Crippen molar-refractivity contribution in [3.05, 3.63) is 58.2 Å². The van der Waals surface area contributed by atoms with Crippen LogP contribution in [-0.4, -0.2) is 38.7 Å². The Bertz CT molecular complexity index is 1220. The molecule has 3 aromatic rings. The highest BCUT2D eigenvalue weighted by atomic mass is 35.5. The highest BCUT2D eigenvalue weighted by molar-refractivity contribution is 6.36. The highest BCUT2D eigenvalue weighted by Crippen LogP contribution is 2.37. The second-order valence-corrected chi connectivity index (χ2v) is 9.83. The Balaban J connectivity index is 1.49. The third-order valence-corrected chi connectivity index (χ3v) is 6.96. The molecule has 0 aliphatic carbocycles. The van der Waals surface area contributed by atoms with Crippen LogP contribution < -0.4 is 10.5 Å². The number of benzene rings is 1. The fraction of sp³-hybridized carbons (Fsp3) is 0.400. The molecular weight excluding hydrogens is 492 g/mol. The van der Waals surface area contributed by atoms with Gasteiger partial charge in [-0.3, -0.25) is 9.48 Å². The number of nitrogens with zero attached hydrogens (tertiary/aromatic N) is 4. The lowest BCUT2D eigenvalue weighted by molar-refractivity contribution is -0.135. The smallest absolute Gasteiger partial charge is 0.225 e. The molecule has 10 heteroatoms. The molecule has 4 rings (SSSR count). The van der Waals surface area contributed by atoms with Crippen molar-refractivity contribution in [3.63, 3.8) is 0 Å². The molecule has 1 saturated heterocycles. The third kappa shape index (κ3) is 5.38. The number of likely N-dealkylation sites (tertiary alicyclic amines) is 1. The fourth-order valence-corrected chi connectivity index (χ4v) is 4.95. The molecule has 186 valence electrons. The van der Waals surface area contributed by atoms with Crippen molar-refractivity contribution in [2.75, 3.05) is 18.8 Å². The quantitative estimate of drug-likeness (QED) is 0.407. The van der Waals surface area contributed by atoms with E-state index in [1.54, 1.807) is 25.4 Å². The number of pyridine rings is 1. The Hall–Kier alpha value is -2.84. The largest absolute Gasteiger partial charge is 0.482 e. The summed E-state index contributed by atoms with van der Waals surface area (Å²) in [5.41, 5.74) is 8.03. The van der Waals surface area contributed by atoms with E-state index in [0.29, 0.717) is 16.3 Å². The van der Waals surface area contributed by atoms with Gasteiger partial charge in [-0.1, -0.05) is 37.0 Å². The van der Waals surface area contributed by atoms with Gasteiger partial charge in [0, 0.05) is 53.1 Å². The average Bonchev–Trinajstić information content (AvgIpc) is 3.33. The molecule has 0 saturated carbocycles. The molecule has 0 bridgehead atoms. The number of hydrogen-bond donors (Lipinski definition) is 1. The Morgan fingerprint density at radius 1 is 1.17 bits per heavy atom.